The van der Waals surface area contributed by atoms with Crippen molar-refractivity contribution in [1.29, 1.82) is 0 Å². The highest BCUT2D eigenvalue weighted by Crippen LogP contribution is 2.37. The molecule has 4 atom stereocenters. The maximum atomic E-state index is 12.8. The molecule has 7 N–H and O–H groups in total. The van der Waals surface area contributed by atoms with E-state index in [0.29, 0.717) is 25.8 Å². The van der Waals surface area contributed by atoms with Crippen molar-refractivity contribution in [2.24, 2.45) is 17.4 Å². The van der Waals surface area contributed by atoms with Gasteiger partial charge in [-0.1, -0.05) is 36.8 Å². The van der Waals surface area contributed by atoms with E-state index < -0.39 is 47.3 Å². The number of aliphatic carboxylic acids is 1. The molecular formula is C23H34N4O6. The van der Waals surface area contributed by atoms with Gasteiger partial charge in [0.25, 0.3) is 0 Å². The molecule has 0 heterocycles. The molecule has 1 saturated carbocycles. The van der Waals surface area contributed by atoms with Crippen molar-refractivity contribution < 1.29 is 29.0 Å². The number of rotatable bonds is 12. The van der Waals surface area contributed by atoms with Crippen molar-refractivity contribution in [2.45, 2.75) is 69.7 Å². The zero-order valence-electron chi connectivity index (χ0n) is 18.9. The summed E-state index contributed by atoms with van der Waals surface area (Å²) in [6.07, 6.45) is 2.63. The van der Waals surface area contributed by atoms with Gasteiger partial charge < -0.3 is 31.9 Å². The molecule has 182 valence electrons. The van der Waals surface area contributed by atoms with Crippen LogP contribution in [0.1, 0.15) is 51.0 Å². The highest BCUT2D eigenvalue weighted by Gasteiger charge is 2.54. The van der Waals surface area contributed by atoms with Gasteiger partial charge in [-0.25, -0.2) is 4.79 Å². The number of unbranched alkanes of at least 4 members (excludes halogenated alkanes) is 1. The van der Waals surface area contributed by atoms with Crippen molar-refractivity contribution >= 4 is 23.8 Å². The number of ether oxygens (including phenoxy) is 1. The average molecular weight is 463 g/mol. The van der Waals surface area contributed by atoms with Crippen LogP contribution in [-0.4, -0.2) is 53.0 Å². The Morgan fingerprint density at radius 3 is 2.52 bits per heavy atom. The van der Waals surface area contributed by atoms with E-state index in [0.717, 1.165) is 12.0 Å². The number of esters is 1. The van der Waals surface area contributed by atoms with Crippen LogP contribution in [0.2, 0.25) is 0 Å². The second kappa shape index (κ2) is 12.3. The first-order valence-electron chi connectivity index (χ1n) is 11.2. The quantitative estimate of drug-likeness (QED) is 0.219. The summed E-state index contributed by atoms with van der Waals surface area (Å²) in [6, 6.07) is 7.20. The lowest BCUT2D eigenvalue weighted by Crippen LogP contribution is -2.62. The van der Waals surface area contributed by atoms with Crippen LogP contribution in [0.25, 0.3) is 0 Å². The number of amides is 2. The molecule has 2 amide bonds. The van der Waals surface area contributed by atoms with Gasteiger partial charge in [-0.3, -0.25) is 14.4 Å². The van der Waals surface area contributed by atoms with Crippen LogP contribution in [0, 0.1) is 5.92 Å². The number of nitrogens with one attached hydrogen (secondary N) is 2. The van der Waals surface area contributed by atoms with Gasteiger partial charge in [-0.2, -0.15) is 0 Å². The van der Waals surface area contributed by atoms with Crippen molar-refractivity contribution in [1.82, 2.24) is 10.6 Å². The lowest BCUT2D eigenvalue weighted by molar-refractivity contribution is -0.161. The van der Waals surface area contributed by atoms with Gasteiger partial charge in [0, 0.05) is 0 Å². The Kier molecular flexibility index (Phi) is 9.80. The fourth-order valence-electron chi connectivity index (χ4n) is 3.97. The predicted molar refractivity (Wildman–Crippen MR) is 121 cm³/mol. The Morgan fingerprint density at radius 1 is 1.18 bits per heavy atom. The van der Waals surface area contributed by atoms with E-state index >= 15 is 0 Å². The number of hydrogen-bond donors (Lipinski definition) is 5. The number of benzene rings is 1. The number of carboxylic acids is 1. The summed E-state index contributed by atoms with van der Waals surface area (Å²) in [5, 5.41) is 15.0. The monoisotopic (exact) mass is 462 g/mol. The summed E-state index contributed by atoms with van der Waals surface area (Å²) in [4.78, 5) is 50.0. The minimum absolute atomic E-state index is 0.00826. The zero-order valence-corrected chi connectivity index (χ0v) is 18.9. The number of carbonyl (C=O) groups is 4. The van der Waals surface area contributed by atoms with Crippen molar-refractivity contribution in [3.05, 3.63) is 35.9 Å². The van der Waals surface area contributed by atoms with Gasteiger partial charge >= 0.3 is 11.9 Å². The van der Waals surface area contributed by atoms with Gasteiger partial charge in [0.2, 0.25) is 11.8 Å². The molecule has 33 heavy (non-hydrogen) atoms. The molecule has 0 bridgehead atoms. The minimum atomic E-state index is -1.80. The van der Waals surface area contributed by atoms with E-state index in [1.807, 2.05) is 6.07 Å². The Morgan fingerprint density at radius 2 is 1.88 bits per heavy atom. The Labute approximate surface area is 193 Å². The molecule has 10 nitrogen and oxygen atoms in total. The van der Waals surface area contributed by atoms with E-state index in [2.05, 4.69) is 10.6 Å². The number of hydrogen-bond acceptors (Lipinski definition) is 7. The predicted octanol–water partition coefficient (Wildman–Crippen LogP) is 0.431. The lowest BCUT2D eigenvalue weighted by atomic mass is 9.86. The Balaban J connectivity index is 2.01. The number of carbonyl (C=O) groups excluding carboxylic acids is 3. The normalized spacial score (nSPS) is 21.6. The van der Waals surface area contributed by atoms with Crippen LogP contribution >= 0.6 is 0 Å². The molecule has 10 heteroatoms. The first-order chi connectivity index (χ1) is 15.7. The molecule has 2 unspecified atom stereocenters. The zero-order chi connectivity index (χ0) is 24.4. The summed E-state index contributed by atoms with van der Waals surface area (Å²) in [5.74, 6) is -4.25. The van der Waals surface area contributed by atoms with E-state index in [4.69, 9.17) is 16.2 Å². The molecule has 1 fully saturated rings. The molecule has 0 spiro atoms. The summed E-state index contributed by atoms with van der Waals surface area (Å²) >= 11 is 0. The van der Waals surface area contributed by atoms with E-state index in [1.165, 1.54) is 6.92 Å². The van der Waals surface area contributed by atoms with Gasteiger partial charge in [-0.15, -0.1) is 0 Å². The minimum Gasteiger partial charge on any atom is -0.479 e. The van der Waals surface area contributed by atoms with Crippen molar-refractivity contribution in [3.8, 4) is 0 Å². The fraction of sp³-hybridized carbons (Fsp3) is 0.565. The highest BCUT2D eigenvalue weighted by atomic mass is 16.5. The van der Waals surface area contributed by atoms with Crippen LogP contribution in [0.3, 0.4) is 0 Å². The van der Waals surface area contributed by atoms with Crippen LogP contribution in [0.5, 0.6) is 0 Å². The summed E-state index contributed by atoms with van der Waals surface area (Å²) in [6.45, 7) is 1.95. The molecule has 1 aromatic rings. The first-order valence-corrected chi connectivity index (χ1v) is 11.2. The highest BCUT2D eigenvalue weighted by molar-refractivity contribution is 5.95. The maximum Gasteiger partial charge on any atom is 0.330 e. The standard InChI is InChI=1S/C23H34N4O6/c1-15(26-20(29)18(25)11-5-6-13-24)19(28)27-23(22(31)32)12-7-10-17(23)21(30)33-14-16-8-3-2-4-9-16/h2-4,8-9,15,17-18H,5-7,10-14,24-25H2,1H3,(H,26,29)(H,27,28)(H,31,32)/t15-,17?,18-,23?/m0/s1. The van der Waals surface area contributed by atoms with Gasteiger partial charge in [-0.05, 0) is 51.1 Å². The van der Waals surface area contributed by atoms with Crippen LogP contribution in [0.15, 0.2) is 30.3 Å². The van der Waals surface area contributed by atoms with Gasteiger partial charge in [0.15, 0.2) is 5.54 Å². The third-order valence-corrected chi connectivity index (χ3v) is 5.95. The van der Waals surface area contributed by atoms with Gasteiger partial charge in [0.05, 0.1) is 12.0 Å². The molecule has 0 radical (unpaired) electrons. The van der Waals surface area contributed by atoms with Crippen LogP contribution in [-0.2, 0) is 30.5 Å². The lowest BCUT2D eigenvalue weighted by Gasteiger charge is -2.32. The fourth-order valence-corrected chi connectivity index (χ4v) is 3.97. The van der Waals surface area contributed by atoms with Crippen LogP contribution < -0.4 is 22.1 Å². The smallest absolute Gasteiger partial charge is 0.330 e. The summed E-state index contributed by atoms with van der Waals surface area (Å²) in [7, 11) is 0. The second-order valence-electron chi connectivity index (χ2n) is 8.43. The van der Waals surface area contributed by atoms with Crippen molar-refractivity contribution in [2.75, 3.05) is 6.54 Å². The molecule has 2 rings (SSSR count). The molecule has 0 saturated heterocycles. The Hall–Kier alpha value is -2.98. The average Bonchev–Trinajstić information content (AvgIpc) is 3.23. The van der Waals surface area contributed by atoms with Crippen LogP contribution in [0.4, 0.5) is 0 Å². The Bertz CT molecular complexity index is 834. The third-order valence-electron chi connectivity index (χ3n) is 5.95. The summed E-state index contributed by atoms with van der Waals surface area (Å²) in [5.41, 5.74) is 10.3. The molecular weight excluding hydrogens is 428 g/mol. The first kappa shape index (κ1) is 26.3. The molecule has 1 aliphatic carbocycles. The third kappa shape index (κ3) is 7.00. The SMILES string of the molecule is C[C@H](NC(=O)[C@@H](N)CCCCN)C(=O)NC1(C(=O)O)CCCC1C(=O)OCc1ccccc1. The molecule has 1 aliphatic rings. The van der Waals surface area contributed by atoms with Gasteiger partial charge in [0.1, 0.15) is 12.6 Å². The maximum absolute atomic E-state index is 12.8. The summed E-state index contributed by atoms with van der Waals surface area (Å²) < 4.78 is 5.35. The molecule has 1 aromatic carbocycles. The van der Waals surface area contributed by atoms with E-state index in [9.17, 15) is 24.3 Å². The molecule has 0 aliphatic heterocycles. The second-order valence-corrected chi connectivity index (χ2v) is 8.43. The van der Waals surface area contributed by atoms with E-state index in [-0.39, 0.29) is 19.4 Å². The number of carboxylic acid groups (broad SMARTS) is 1. The van der Waals surface area contributed by atoms with E-state index in [1.54, 1.807) is 24.3 Å². The van der Waals surface area contributed by atoms with Crippen molar-refractivity contribution in [3.63, 3.8) is 0 Å². The molecule has 0 aromatic heterocycles. The number of nitrogens with two attached hydrogens (primary N) is 2. The topological polar surface area (TPSA) is 174 Å². The largest absolute Gasteiger partial charge is 0.479 e.